The molecule has 3 atom stereocenters. The van der Waals surface area contributed by atoms with Crippen molar-refractivity contribution < 1.29 is 20.1 Å². The van der Waals surface area contributed by atoms with Crippen molar-refractivity contribution >= 4 is 5.91 Å². The van der Waals surface area contributed by atoms with Gasteiger partial charge < -0.3 is 20.6 Å². The number of aliphatic hydroxyl groups excluding tert-OH is 3. The molecule has 0 rings (SSSR count). The largest absolute Gasteiger partial charge is 0.394 e. The smallest absolute Gasteiger partial charge is 0.220 e. The zero-order chi connectivity index (χ0) is 33.8. The topological polar surface area (TPSA) is 89.8 Å². The highest BCUT2D eigenvalue weighted by Gasteiger charge is 2.26. The first kappa shape index (κ1) is 44.8. The zero-order valence-electron chi connectivity index (χ0n) is 30.7. The average molecular weight is 650 g/mol. The van der Waals surface area contributed by atoms with Crippen LogP contribution in [0.5, 0.6) is 0 Å². The van der Waals surface area contributed by atoms with Gasteiger partial charge in [0, 0.05) is 6.42 Å². The maximum atomic E-state index is 12.4. The fourth-order valence-corrected chi connectivity index (χ4v) is 6.13. The van der Waals surface area contributed by atoms with E-state index in [0.717, 1.165) is 51.4 Å². The van der Waals surface area contributed by atoms with Crippen molar-refractivity contribution in [1.29, 1.82) is 0 Å². The molecule has 4 N–H and O–H groups in total. The van der Waals surface area contributed by atoms with Crippen molar-refractivity contribution in [3.05, 3.63) is 24.3 Å². The van der Waals surface area contributed by atoms with E-state index in [1.54, 1.807) is 0 Å². The molecule has 0 aliphatic heterocycles. The number of aliphatic hydroxyl groups is 3. The van der Waals surface area contributed by atoms with Gasteiger partial charge in [0.15, 0.2) is 0 Å². The van der Waals surface area contributed by atoms with Gasteiger partial charge in [-0.1, -0.05) is 179 Å². The SMILES string of the molecule is CCCCC/C=C\C/C=C\CCCCCCCCCC(=O)NC(CO)C(O)C(O)CCCCCCCCCCCCCCCCC. The molecular formula is C41H79NO4. The molecule has 0 aromatic carbocycles. The Morgan fingerprint density at radius 2 is 0.935 bits per heavy atom. The number of unbranched alkanes of at least 4 members (excludes halogenated alkanes) is 24. The second-order valence-electron chi connectivity index (χ2n) is 13.8. The first-order valence-corrected chi connectivity index (χ1v) is 20.1. The number of carbonyl (C=O) groups is 1. The lowest BCUT2D eigenvalue weighted by Crippen LogP contribution is -2.50. The summed E-state index contributed by atoms with van der Waals surface area (Å²) in [5.41, 5.74) is 0. The van der Waals surface area contributed by atoms with E-state index < -0.39 is 18.2 Å². The molecule has 0 saturated heterocycles. The van der Waals surface area contributed by atoms with Crippen LogP contribution in [0, 0.1) is 0 Å². The Bertz CT molecular complexity index is 679. The minimum Gasteiger partial charge on any atom is -0.394 e. The lowest BCUT2D eigenvalue weighted by molar-refractivity contribution is -0.124. The summed E-state index contributed by atoms with van der Waals surface area (Å²) in [6.07, 6.45) is 42.7. The maximum Gasteiger partial charge on any atom is 0.220 e. The van der Waals surface area contributed by atoms with Crippen molar-refractivity contribution in [2.75, 3.05) is 6.61 Å². The minimum absolute atomic E-state index is 0.153. The van der Waals surface area contributed by atoms with E-state index in [9.17, 15) is 20.1 Å². The maximum absolute atomic E-state index is 12.4. The fourth-order valence-electron chi connectivity index (χ4n) is 6.13. The standard InChI is InChI=1S/C41H79NO4/c1-3-5-7-9-11-13-15-17-19-20-22-24-26-28-30-32-34-36-40(45)42-38(37-43)41(46)39(44)35-33-31-29-27-25-23-21-18-16-14-12-10-8-6-4-2/h11,13,17,19,38-39,41,43-44,46H,3-10,12,14-16,18,20-37H2,1-2H3,(H,42,45)/b13-11-,19-17-. The van der Waals surface area contributed by atoms with Gasteiger partial charge in [-0.2, -0.15) is 0 Å². The highest BCUT2D eigenvalue weighted by molar-refractivity contribution is 5.76. The lowest BCUT2D eigenvalue weighted by Gasteiger charge is -2.26. The third-order valence-corrected chi connectivity index (χ3v) is 9.31. The fraction of sp³-hybridized carbons (Fsp3) is 0.878. The number of amides is 1. The zero-order valence-corrected chi connectivity index (χ0v) is 30.7. The van der Waals surface area contributed by atoms with E-state index >= 15 is 0 Å². The second-order valence-corrected chi connectivity index (χ2v) is 13.8. The van der Waals surface area contributed by atoms with Crippen LogP contribution in [0.4, 0.5) is 0 Å². The van der Waals surface area contributed by atoms with Crippen LogP contribution >= 0.6 is 0 Å². The van der Waals surface area contributed by atoms with Gasteiger partial charge in [0.05, 0.1) is 18.8 Å². The highest BCUT2D eigenvalue weighted by Crippen LogP contribution is 2.16. The van der Waals surface area contributed by atoms with E-state index in [2.05, 4.69) is 43.5 Å². The van der Waals surface area contributed by atoms with Crippen LogP contribution in [0.1, 0.15) is 206 Å². The number of rotatable bonds is 36. The summed E-state index contributed by atoms with van der Waals surface area (Å²) in [5, 5.41) is 33.5. The molecule has 5 nitrogen and oxygen atoms in total. The van der Waals surface area contributed by atoms with E-state index in [1.807, 2.05) is 0 Å². The molecule has 3 unspecified atom stereocenters. The molecule has 0 aromatic heterocycles. The molecule has 0 spiro atoms. The number of carbonyl (C=O) groups excluding carboxylic acids is 1. The Balaban J connectivity index is 3.68. The molecule has 1 amide bonds. The van der Waals surface area contributed by atoms with Crippen molar-refractivity contribution in [3.63, 3.8) is 0 Å². The summed E-state index contributed by atoms with van der Waals surface area (Å²) >= 11 is 0. The molecule has 0 aliphatic carbocycles. The van der Waals surface area contributed by atoms with Gasteiger partial charge in [-0.25, -0.2) is 0 Å². The van der Waals surface area contributed by atoms with E-state index in [-0.39, 0.29) is 12.5 Å². The van der Waals surface area contributed by atoms with Gasteiger partial charge in [-0.3, -0.25) is 4.79 Å². The number of nitrogens with one attached hydrogen (secondary N) is 1. The molecule has 0 aliphatic rings. The molecule has 0 bridgehead atoms. The van der Waals surface area contributed by atoms with Crippen LogP contribution < -0.4 is 5.32 Å². The van der Waals surface area contributed by atoms with Gasteiger partial charge >= 0.3 is 0 Å². The molecule has 0 saturated carbocycles. The summed E-state index contributed by atoms with van der Waals surface area (Å²) in [5.74, 6) is -0.153. The van der Waals surface area contributed by atoms with Crippen LogP contribution in [0.3, 0.4) is 0 Å². The van der Waals surface area contributed by atoms with E-state index in [0.29, 0.717) is 12.8 Å². The Hall–Kier alpha value is -1.17. The quantitative estimate of drug-likeness (QED) is 0.0401. The molecule has 46 heavy (non-hydrogen) atoms. The summed E-state index contributed by atoms with van der Waals surface area (Å²) in [6.45, 7) is 4.14. The third kappa shape index (κ3) is 31.4. The van der Waals surface area contributed by atoms with Gasteiger partial charge in [-0.05, 0) is 44.9 Å². The number of hydrogen-bond donors (Lipinski definition) is 4. The summed E-state index contributed by atoms with van der Waals surface area (Å²) in [4.78, 5) is 12.4. The predicted molar refractivity (Wildman–Crippen MR) is 199 cm³/mol. The first-order chi connectivity index (χ1) is 22.6. The van der Waals surface area contributed by atoms with Crippen molar-refractivity contribution in [2.24, 2.45) is 0 Å². The molecule has 0 radical (unpaired) electrons. The molecule has 0 heterocycles. The van der Waals surface area contributed by atoms with Crippen molar-refractivity contribution in [2.45, 2.75) is 225 Å². The summed E-state index contributed by atoms with van der Waals surface area (Å²) in [7, 11) is 0. The van der Waals surface area contributed by atoms with E-state index in [1.165, 1.54) is 128 Å². The van der Waals surface area contributed by atoms with Crippen molar-refractivity contribution in [3.8, 4) is 0 Å². The Morgan fingerprint density at radius 1 is 0.543 bits per heavy atom. The van der Waals surface area contributed by atoms with Gasteiger partial charge in [0.1, 0.15) is 6.10 Å². The normalized spacial score (nSPS) is 13.9. The molecule has 272 valence electrons. The Kier molecular flexibility index (Phi) is 35.7. The van der Waals surface area contributed by atoms with Crippen LogP contribution in [-0.4, -0.2) is 46.1 Å². The summed E-state index contributed by atoms with van der Waals surface area (Å²) < 4.78 is 0. The van der Waals surface area contributed by atoms with Gasteiger partial charge in [-0.15, -0.1) is 0 Å². The van der Waals surface area contributed by atoms with Crippen molar-refractivity contribution in [1.82, 2.24) is 5.32 Å². The monoisotopic (exact) mass is 650 g/mol. The minimum atomic E-state index is -1.14. The lowest BCUT2D eigenvalue weighted by atomic mass is 9.99. The number of hydrogen-bond acceptors (Lipinski definition) is 4. The Morgan fingerprint density at radius 3 is 1.41 bits per heavy atom. The second kappa shape index (κ2) is 36.7. The Labute approximate surface area is 286 Å². The predicted octanol–water partition coefficient (Wildman–Crippen LogP) is 11.0. The molecule has 5 heteroatoms. The molecular weight excluding hydrogens is 570 g/mol. The van der Waals surface area contributed by atoms with Gasteiger partial charge in [0.25, 0.3) is 0 Å². The van der Waals surface area contributed by atoms with Crippen LogP contribution in [0.2, 0.25) is 0 Å². The summed E-state index contributed by atoms with van der Waals surface area (Å²) in [6, 6.07) is -0.810. The van der Waals surface area contributed by atoms with Crippen LogP contribution in [0.15, 0.2) is 24.3 Å². The molecule has 0 aromatic rings. The highest BCUT2D eigenvalue weighted by atomic mass is 16.3. The van der Waals surface area contributed by atoms with E-state index in [4.69, 9.17) is 0 Å². The molecule has 0 fully saturated rings. The van der Waals surface area contributed by atoms with Crippen LogP contribution in [-0.2, 0) is 4.79 Å². The average Bonchev–Trinajstić information content (AvgIpc) is 3.06. The van der Waals surface area contributed by atoms with Gasteiger partial charge in [0.2, 0.25) is 5.91 Å². The first-order valence-electron chi connectivity index (χ1n) is 20.1. The number of allylic oxidation sites excluding steroid dienone is 4. The third-order valence-electron chi connectivity index (χ3n) is 9.31. The van der Waals surface area contributed by atoms with Crippen LogP contribution in [0.25, 0.3) is 0 Å².